The first-order chi connectivity index (χ1) is 12.2. The minimum atomic E-state index is -0.433. The molecule has 0 amide bonds. The molecule has 0 spiro atoms. The maximum atomic E-state index is 11.1. The quantitative estimate of drug-likeness (QED) is 0.260. The monoisotopic (exact) mass is 363 g/mol. The number of esters is 1. The van der Waals surface area contributed by atoms with Crippen LogP contribution >= 0.6 is 0 Å². The standard InChI is InChI=1S/C21H33NO4/c1-8-21(6,18(5)22-26-14-20(23)24-7)10-9-11-25-19-13-16(3)15(2)12-17(19)4/h12-13H,8-11,14H2,1-7H3/b22-18+. The second-order valence-electron chi connectivity index (χ2n) is 7.09. The fourth-order valence-electron chi connectivity index (χ4n) is 2.70. The van der Waals surface area contributed by atoms with E-state index < -0.39 is 5.97 Å². The van der Waals surface area contributed by atoms with Crippen molar-refractivity contribution in [1.82, 2.24) is 0 Å². The molecule has 0 aliphatic carbocycles. The van der Waals surface area contributed by atoms with Crippen LogP contribution in [-0.2, 0) is 14.4 Å². The number of hydrogen-bond acceptors (Lipinski definition) is 5. The van der Waals surface area contributed by atoms with Gasteiger partial charge < -0.3 is 14.3 Å². The molecule has 1 aromatic rings. The highest BCUT2D eigenvalue weighted by Crippen LogP contribution is 2.30. The molecule has 0 aliphatic heterocycles. The molecule has 0 aromatic heterocycles. The van der Waals surface area contributed by atoms with Crippen molar-refractivity contribution in [2.24, 2.45) is 10.6 Å². The van der Waals surface area contributed by atoms with E-state index in [4.69, 9.17) is 9.57 Å². The fourth-order valence-corrected chi connectivity index (χ4v) is 2.70. The number of oxime groups is 1. The van der Waals surface area contributed by atoms with Crippen molar-refractivity contribution < 1.29 is 19.1 Å². The van der Waals surface area contributed by atoms with Gasteiger partial charge in [0.1, 0.15) is 5.75 Å². The Hall–Kier alpha value is -2.04. The molecule has 0 aliphatic rings. The normalized spacial score (nSPS) is 13.9. The average Bonchev–Trinajstić information content (AvgIpc) is 2.62. The van der Waals surface area contributed by atoms with Crippen molar-refractivity contribution in [3.8, 4) is 5.75 Å². The van der Waals surface area contributed by atoms with Crippen molar-refractivity contribution in [2.45, 2.75) is 60.8 Å². The lowest BCUT2D eigenvalue weighted by Crippen LogP contribution is -2.26. The Morgan fingerprint density at radius 1 is 1.15 bits per heavy atom. The summed E-state index contributed by atoms with van der Waals surface area (Å²) in [6.07, 6.45) is 2.79. The molecule has 1 rings (SSSR count). The molecule has 0 heterocycles. The average molecular weight is 363 g/mol. The van der Waals surface area contributed by atoms with E-state index in [1.165, 1.54) is 23.8 Å². The van der Waals surface area contributed by atoms with E-state index in [1.807, 2.05) is 6.92 Å². The molecular formula is C21H33NO4. The number of carbonyl (C=O) groups excluding carboxylic acids is 1. The summed E-state index contributed by atoms with van der Waals surface area (Å²) >= 11 is 0. The van der Waals surface area contributed by atoms with Crippen LogP contribution in [0.3, 0.4) is 0 Å². The summed E-state index contributed by atoms with van der Waals surface area (Å²) in [4.78, 5) is 16.2. The van der Waals surface area contributed by atoms with Gasteiger partial charge in [0.15, 0.2) is 0 Å². The van der Waals surface area contributed by atoms with E-state index in [2.05, 4.69) is 56.6 Å². The van der Waals surface area contributed by atoms with Gasteiger partial charge in [0.25, 0.3) is 0 Å². The van der Waals surface area contributed by atoms with Crippen molar-refractivity contribution >= 4 is 11.7 Å². The molecule has 1 atom stereocenters. The third kappa shape index (κ3) is 6.36. The van der Waals surface area contributed by atoms with Crippen LogP contribution in [0.5, 0.6) is 5.75 Å². The predicted molar refractivity (Wildman–Crippen MR) is 105 cm³/mol. The zero-order valence-corrected chi connectivity index (χ0v) is 17.3. The molecule has 5 heteroatoms. The molecule has 26 heavy (non-hydrogen) atoms. The van der Waals surface area contributed by atoms with Gasteiger partial charge in [-0.15, -0.1) is 0 Å². The summed E-state index contributed by atoms with van der Waals surface area (Å²) < 4.78 is 10.5. The Balaban J connectivity index is 2.56. The molecule has 0 fully saturated rings. The van der Waals surface area contributed by atoms with Gasteiger partial charge in [-0.05, 0) is 69.7 Å². The van der Waals surface area contributed by atoms with E-state index in [0.717, 1.165) is 30.7 Å². The summed E-state index contributed by atoms with van der Waals surface area (Å²) in [7, 11) is 1.33. The van der Waals surface area contributed by atoms with Gasteiger partial charge in [-0.25, -0.2) is 4.79 Å². The number of rotatable bonds is 10. The van der Waals surface area contributed by atoms with Gasteiger partial charge in [-0.2, -0.15) is 0 Å². The van der Waals surface area contributed by atoms with Crippen LogP contribution in [0.2, 0.25) is 0 Å². The van der Waals surface area contributed by atoms with Crippen LogP contribution in [0.4, 0.5) is 0 Å². The zero-order chi connectivity index (χ0) is 19.7. The summed E-state index contributed by atoms with van der Waals surface area (Å²) in [5, 5.41) is 4.10. The number of benzene rings is 1. The number of aryl methyl sites for hydroxylation is 3. The molecule has 0 N–H and O–H groups in total. The maximum Gasteiger partial charge on any atom is 0.346 e. The van der Waals surface area contributed by atoms with Crippen LogP contribution in [0, 0.1) is 26.2 Å². The third-order valence-electron chi connectivity index (χ3n) is 5.19. The first kappa shape index (κ1) is 22.0. The van der Waals surface area contributed by atoms with Crippen LogP contribution in [-0.4, -0.2) is 32.0 Å². The number of hydrogen-bond donors (Lipinski definition) is 0. The molecule has 1 unspecified atom stereocenters. The zero-order valence-electron chi connectivity index (χ0n) is 17.3. The topological polar surface area (TPSA) is 57.1 Å². The van der Waals surface area contributed by atoms with E-state index in [9.17, 15) is 4.79 Å². The Morgan fingerprint density at radius 3 is 2.42 bits per heavy atom. The summed E-state index contributed by atoms with van der Waals surface area (Å²) in [5.41, 5.74) is 4.49. The van der Waals surface area contributed by atoms with E-state index in [0.29, 0.717) is 6.61 Å². The van der Waals surface area contributed by atoms with Gasteiger partial charge in [0, 0.05) is 5.41 Å². The van der Waals surface area contributed by atoms with Gasteiger partial charge in [0.2, 0.25) is 6.61 Å². The molecule has 0 saturated carbocycles. The number of methoxy groups -OCH3 is 1. The molecular weight excluding hydrogens is 330 g/mol. The molecule has 5 nitrogen and oxygen atoms in total. The van der Waals surface area contributed by atoms with Crippen LogP contribution < -0.4 is 4.74 Å². The molecule has 0 bridgehead atoms. The second kappa shape index (κ2) is 10.2. The Labute approximate surface area is 157 Å². The van der Waals surface area contributed by atoms with Gasteiger partial charge in [-0.1, -0.05) is 25.1 Å². The SMILES string of the molecule is CCC(C)(CCCOc1cc(C)c(C)cc1C)/C(C)=N/OCC(=O)OC. The molecule has 146 valence electrons. The van der Waals surface area contributed by atoms with Gasteiger partial charge in [0.05, 0.1) is 19.4 Å². The van der Waals surface area contributed by atoms with Crippen molar-refractivity contribution in [3.63, 3.8) is 0 Å². The first-order valence-corrected chi connectivity index (χ1v) is 9.18. The minimum absolute atomic E-state index is 0.0856. The maximum absolute atomic E-state index is 11.1. The summed E-state index contributed by atoms with van der Waals surface area (Å²) in [6, 6.07) is 4.27. The van der Waals surface area contributed by atoms with Gasteiger partial charge in [-0.3, -0.25) is 0 Å². The van der Waals surface area contributed by atoms with Crippen LogP contribution in [0.25, 0.3) is 0 Å². The van der Waals surface area contributed by atoms with Crippen LogP contribution in [0.1, 0.15) is 56.7 Å². The summed E-state index contributed by atoms with van der Waals surface area (Å²) in [5.74, 6) is 0.523. The van der Waals surface area contributed by atoms with E-state index >= 15 is 0 Å². The highest BCUT2D eigenvalue weighted by molar-refractivity contribution is 5.87. The number of carbonyl (C=O) groups is 1. The largest absolute Gasteiger partial charge is 0.493 e. The summed E-state index contributed by atoms with van der Waals surface area (Å²) in [6.45, 7) is 13.0. The lowest BCUT2D eigenvalue weighted by molar-refractivity contribution is -0.145. The highest BCUT2D eigenvalue weighted by atomic mass is 16.6. The number of ether oxygens (including phenoxy) is 2. The van der Waals surface area contributed by atoms with Crippen LogP contribution in [0.15, 0.2) is 17.3 Å². The lowest BCUT2D eigenvalue weighted by Gasteiger charge is -2.27. The molecule has 1 aromatic carbocycles. The smallest absolute Gasteiger partial charge is 0.346 e. The minimum Gasteiger partial charge on any atom is -0.493 e. The number of nitrogens with zero attached hydrogens (tertiary/aromatic N) is 1. The first-order valence-electron chi connectivity index (χ1n) is 9.18. The highest BCUT2D eigenvalue weighted by Gasteiger charge is 2.26. The fraction of sp³-hybridized carbons (Fsp3) is 0.619. The van der Waals surface area contributed by atoms with Crippen molar-refractivity contribution in [3.05, 3.63) is 28.8 Å². The third-order valence-corrected chi connectivity index (χ3v) is 5.19. The predicted octanol–water partition coefficient (Wildman–Crippen LogP) is 4.75. The second-order valence-corrected chi connectivity index (χ2v) is 7.09. The van der Waals surface area contributed by atoms with E-state index in [1.54, 1.807) is 0 Å². The van der Waals surface area contributed by atoms with Crippen molar-refractivity contribution in [1.29, 1.82) is 0 Å². The van der Waals surface area contributed by atoms with E-state index in [-0.39, 0.29) is 12.0 Å². The van der Waals surface area contributed by atoms with Gasteiger partial charge >= 0.3 is 5.97 Å². The molecule has 0 radical (unpaired) electrons. The Morgan fingerprint density at radius 2 is 1.81 bits per heavy atom. The Kier molecular flexibility index (Phi) is 8.62. The molecule has 0 saturated heterocycles. The Bertz CT molecular complexity index is 639. The van der Waals surface area contributed by atoms with Crippen molar-refractivity contribution in [2.75, 3.05) is 20.3 Å². The lowest BCUT2D eigenvalue weighted by atomic mass is 9.79.